The van der Waals surface area contributed by atoms with Crippen molar-refractivity contribution >= 4 is 40.5 Å². The van der Waals surface area contributed by atoms with Crippen LogP contribution in [0.3, 0.4) is 0 Å². The molecular formula is C20H18ClF4N3O2S. The van der Waals surface area contributed by atoms with Crippen molar-refractivity contribution in [3.05, 3.63) is 57.6 Å². The zero-order chi connectivity index (χ0) is 22.9. The second kappa shape index (κ2) is 9.27. The number of carbonyl (C=O) groups excluding carboxylic acids is 1. The normalized spacial score (nSPS) is 13.9. The highest BCUT2D eigenvalue weighted by molar-refractivity contribution is 7.80. The van der Waals surface area contributed by atoms with Crippen LogP contribution in [0.2, 0.25) is 5.02 Å². The Labute approximate surface area is 186 Å². The van der Waals surface area contributed by atoms with Gasteiger partial charge in [0.05, 0.1) is 12.7 Å². The second-order valence-electron chi connectivity index (χ2n) is 6.81. The van der Waals surface area contributed by atoms with Crippen LogP contribution >= 0.6 is 23.8 Å². The van der Waals surface area contributed by atoms with Gasteiger partial charge in [-0.3, -0.25) is 10.1 Å². The Balaban J connectivity index is 1.69. The average molecular weight is 476 g/mol. The first-order chi connectivity index (χ1) is 14.7. The van der Waals surface area contributed by atoms with E-state index in [4.69, 9.17) is 28.6 Å². The number of nitrogens with one attached hydrogen (secondary N) is 1. The summed E-state index contributed by atoms with van der Waals surface area (Å²) in [4.78, 5) is 15.4. The molecule has 2 aromatic rings. The van der Waals surface area contributed by atoms with Gasteiger partial charge in [-0.25, -0.2) is 17.6 Å². The van der Waals surface area contributed by atoms with Gasteiger partial charge in [-0.1, -0.05) is 23.7 Å². The molecule has 0 aromatic heterocycles. The molecule has 166 valence electrons. The predicted molar refractivity (Wildman–Crippen MR) is 113 cm³/mol. The highest BCUT2D eigenvalue weighted by Gasteiger charge is 2.30. The second-order valence-corrected chi connectivity index (χ2v) is 7.57. The van der Waals surface area contributed by atoms with Crippen LogP contribution < -0.4 is 15.0 Å². The molecule has 11 heteroatoms. The number of benzene rings is 2. The SMILES string of the molecule is COc1c(C)cccc1C(=O)NC(=S)N1CCN(c2c(F)c(F)c(Cl)c(F)c2F)CC1. The third kappa shape index (κ3) is 4.40. The summed E-state index contributed by atoms with van der Waals surface area (Å²) >= 11 is 10.5. The van der Waals surface area contributed by atoms with Crippen LogP contribution in [0.25, 0.3) is 0 Å². The van der Waals surface area contributed by atoms with Gasteiger partial charge in [0.1, 0.15) is 16.5 Å². The van der Waals surface area contributed by atoms with E-state index in [2.05, 4.69) is 5.32 Å². The molecule has 1 heterocycles. The average Bonchev–Trinajstić information content (AvgIpc) is 2.76. The Morgan fingerprint density at radius 3 is 2.19 bits per heavy atom. The summed E-state index contributed by atoms with van der Waals surface area (Å²) in [6, 6.07) is 5.10. The van der Waals surface area contributed by atoms with Crippen LogP contribution in [0.15, 0.2) is 18.2 Å². The lowest BCUT2D eigenvalue weighted by Crippen LogP contribution is -2.53. The van der Waals surface area contributed by atoms with Gasteiger partial charge in [0, 0.05) is 26.2 Å². The summed E-state index contributed by atoms with van der Waals surface area (Å²) in [6.07, 6.45) is 0. The number of nitrogens with zero attached hydrogens (tertiary/aromatic N) is 2. The van der Waals surface area contributed by atoms with Crippen LogP contribution in [0.1, 0.15) is 15.9 Å². The Kier molecular flexibility index (Phi) is 6.90. The Bertz CT molecular complexity index is 1020. The summed E-state index contributed by atoms with van der Waals surface area (Å²) < 4.78 is 61.2. The maximum atomic E-state index is 14.2. The van der Waals surface area contributed by atoms with Crippen molar-refractivity contribution in [3.63, 3.8) is 0 Å². The monoisotopic (exact) mass is 475 g/mol. The molecule has 0 saturated carbocycles. The van der Waals surface area contributed by atoms with Crippen molar-refractivity contribution in [2.75, 3.05) is 38.2 Å². The van der Waals surface area contributed by atoms with Gasteiger partial charge in [0.2, 0.25) is 0 Å². The number of hydrogen-bond donors (Lipinski definition) is 1. The summed E-state index contributed by atoms with van der Waals surface area (Å²) in [5.41, 5.74) is 0.263. The number of piperazine rings is 1. The molecule has 1 amide bonds. The minimum atomic E-state index is -1.65. The van der Waals surface area contributed by atoms with E-state index in [0.29, 0.717) is 11.3 Å². The predicted octanol–water partition coefficient (Wildman–Crippen LogP) is 4.05. The maximum Gasteiger partial charge on any atom is 0.261 e. The minimum Gasteiger partial charge on any atom is -0.496 e. The molecule has 0 unspecified atom stereocenters. The van der Waals surface area contributed by atoms with Crippen molar-refractivity contribution in [3.8, 4) is 5.75 Å². The Morgan fingerprint density at radius 2 is 1.65 bits per heavy atom. The number of halogens is 5. The van der Waals surface area contributed by atoms with E-state index >= 15 is 0 Å². The van der Waals surface area contributed by atoms with E-state index in [1.165, 1.54) is 7.11 Å². The van der Waals surface area contributed by atoms with Crippen molar-refractivity contribution in [2.24, 2.45) is 0 Å². The number of ether oxygens (including phenoxy) is 1. The van der Waals surface area contributed by atoms with Gasteiger partial charge >= 0.3 is 0 Å². The smallest absolute Gasteiger partial charge is 0.261 e. The number of anilines is 1. The molecule has 3 rings (SSSR count). The number of amides is 1. The zero-order valence-corrected chi connectivity index (χ0v) is 18.1. The fourth-order valence-electron chi connectivity index (χ4n) is 3.35. The first kappa shape index (κ1) is 23.1. The molecule has 0 radical (unpaired) electrons. The highest BCUT2D eigenvalue weighted by atomic mass is 35.5. The van der Waals surface area contributed by atoms with Crippen molar-refractivity contribution in [1.29, 1.82) is 0 Å². The van der Waals surface area contributed by atoms with E-state index in [9.17, 15) is 22.4 Å². The third-order valence-electron chi connectivity index (χ3n) is 4.95. The molecule has 1 N–H and O–H groups in total. The van der Waals surface area contributed by atoms with Crippen LogP contribution in [-0.2, 0) is 0 Å². The molecule has 2 aromatic carbocycles. The summed E-state index contributed by atoms with van der Waals surface area (Å²) in [6.45, 7) is 2.15. The zero-order valence-electron chi connectivity index (χ0n) is 16.6. The van der Waals surface area contributed by atoms with Crippen LogP contribution in [0, 0.1) is 30.2 Å². The molecule has 0 spiro atoms. The van der Waals surface area contributed by atoms with Gasteiger partial charge in [-0.05, 0) is 30.8 Å². The summed E-state index contributed by atoms with van der Waals surface area (Å²) in [7, 11) is 1.46. The molecule has 1 aliphatic heterocycles. The number of carbonyl (C=O) groups is 1. The Morgan fingerprint density at radius 1 is 1.06 bits per heavy atom. The molecule has 1 aliphatic rings. The van der Waals surface area contributed by atoms with E-state index in [0.717, 1.165) is 10.5 Å². The summed E-state index contributed by atoms with van der Waals surface area (Å²) in [5, 5.41) is 1.49. The molecule has 0 atom stereocenters. The Hall–Kier alpha value is -2.59. The van der Waals surface area contributed by atoms with Crippen LogP contribution in [0.4, 0.5) is 23.2 Å². The van der Waals surface area contributed by atoms with Crippen LogP contribution in [0.5, 0.6) is 5.75 Å². The van der Waals surface area contributed by atoms with E-state index in [1.54, 1.807) is 30.0 Å². The van der Waals surface area contributed by atoms with Gasteiger partial charge < -0.3 is 14.5 Å². The fourth-order valence-corrected chi connectivity index (χ4v) is 3.79. The molecule has 5 nitrogen and oxygen atoms in total. The van der Waals surface area contributed by atoms with E-state index < -0.39 is 39.9 Å². The van der Waals surface area contributed by atoms with Gasteiger partial charge in [0.15, 0.2) is 28.4 Å². The number of para-hydroxylation sites is 1. The highest BCUT2D eigenvalue weighted by Crippen LogP contribution is 2.34. The van der Waals surface area contributed by atoms with Crippen molar-refractivity contribution in [2.45, 2.75) is 6.92 Å². The first-order valence-corrected chi connectivity index (χ1v) is 9.96. The first-order valence-electron chi connectivity index (χ1n) is 9.17. The fraction of sp³-hybridized carbons (Fsp3) is 0.300. The van der Waals surface area contributed by atoms with Crippen molar-refractivity contribution < 1.29 is 27.1 Å². The topological polar surface area (TPSA) is 44.8 Å². The molecule has 1 saturated heterocycles. The van der Waals surface area contributed by atoms with Gasteiger partial charge in [0.25, 0.3) is 5.91 Å². The quantitative estimate of drug-likeness (QED) is 0.314. The van der Waals surface area contributed by atoms with Gasteiger partial charge in [-0.2, -0.15) is 0 Å². The lowest BCUT2D eigenvalue weighted by Gasteiger charge is -2.37. The van der Waals surface area contributed by atoms with E-state index in [-0.39, 0.29) is 31.3 Å². The minimum absolute atomic E-state index is 0.0120. The van der Waals surface area contributed by atoms with Crippen molar-refractivity contribution in [1.82, 2.24) is 10.2 Å². The molecule has 0 aliphatic carbocycles. The van der Waals surface area contributed by atoms with E-state index in [1.807, 2.05) is 0 Å². The standard InChI is InChI=1S/C20H18ClF4N3O2S/c1-10-4-3-5-11(18(10)30-2)19(29)26-20(31)28-8-6-27(7-9-28)17-15(24)13(22)12(21)14(23)16(17)25/h3-5H,6-9H2,1-2H3,(H,26,29,31). The molecule has 1 fully saturated rings. The molecule has 31 heavy (non-hydrogen) atoms. The number of hydrogen-bond acceptors (Lipinski definition) is 4. The number of aryl methyl sites for hydroxylation is 1. The maximum absolute atomic E-state index is 14.2. The molecular weight excluding hydrogens is 458 g/mol. The van der Waals surface area contributed by atoms with Gasteiger partial charge in [-0.15, -0.1) is 0 Å². The largest absolute Gasteiger partial charge is 0.496 e. The number of rotatable bonds is 3. The lowest BCUT2D eigenvalue weighted by molar-refractivity contribution is 0.0970. The number of thiocarbonyl (C=S) groups is 1. The third-order valence-corrected chi connectivity index (χ3v) is 5.64. The number of methoxy groups -OCH3 is 1. The molecule has 0 bridgehead atoms. The summed E-state index contributed by atoms with van der Waals surface area (Å²) in [5.74, 6) is -6.45. The van der Waals surface area contributed by atoms with Crippen LogP contribution in [-0.4, -0.2) is 49.2 Å². The lowest BCUT2D eigenvalue weighted by atomic mass is 10.1.